The van der Waals surface area contributed by atoms with Crippen molar-refractivity contribution in [3.05, 3.63) is 0 Å². The molecule has 19 heteroatoms. The lowest BCUT2D eigenvalue weighted by molar-refractivity contribution is -0.161. The van der Waals surface area contributed by atoms with Crippen LogP contribution in [-0.4, -0.2) is 96.7 Å². The Balaban J connectivity index is 5.22. The Morgan fingerprint density at radius 2 is 0.500 bits per heavy atom. The van der Waals surface area contributed by atoms with Gasteiger partial charge in [0, 0.05) is 25.7 Å². The van der Waals surface area contributed by atoms with Crippen LogP contribution >= 0.6 is 15.6 Å². The number of unbranched alkanes of at least 4 members (excludes halogenated alkanes) is 45. The molecule has 17 nitrogen and oxygen atoms in total. The SMILES string of the molecule is CCCCCCCCCCCCCCCCCCCC(=O)O[C@H](COC(=O)CCCCCCCCCCCCCCC(C)C)COP(=O)(O)OC[C@@H](O)COP(=O)(O)OC[C@@H](COC(=O)CCCCCCCCCCCC)OC(=O)CCCCCCCCCCCC. The fourth-order valence-corrected chi connectivity index (χ4v) is 12.8. The Kier molecular flexibility index (Phi) is 64.9. The third-order valence-corrected chi connectivity index (χ3v) is 18.9. The predicted molar refractivity (Wildman–Crippen MR) is 372 cm³/mol. The molecule has 5 atom stereocenters. The van der Waals surface area contributed by atoms with Gasteiger partial charge in [0.2, 0.25) is 0 Å². The zero-order valence-electron chi connectivity index (χ0n) is 59.7. The fourth-order valence-electron chi connectivity index (χ4n) is 11.2. The first-order valence-corrected chi connectivity index (χ1v) is 41.1. The number of phosphoric acid groups is 2. The number of esters is 4. The molecule has 0 aliphatic carbocycles. The van der Waals surface area contributed by atoms with Gasteiger partial charge in [-0.05, 0) is 31.6 Å². The number of carbonyl (C=O) groups excluding carboxylic acids is 4. The molecule has 0 aliphatic rings. The van der Waals surface area contributed by atoms with Crippen LogP contribution in [0.1, 0.15) is 381 Å². The van der Waals surface area contributed by atoms with Crippen molar-refractivity contribution in [1.82, 2.24) is 0 Å². The van der Waals surface area contributed by atoms with Crippen LogP contribution in [0.4, 0.5) is 0 Å². The molecular weight excluding hydrogens is 1210 g/mol. The number of carbonyl (C=O) groups is 4. The van der Waals surface area contributed by atoms with E-state index in [4.69, 9.17) is 37.0 Å². The molecular formula is C73H142O17P2. The maximum atomic E-state index is 13.1. The molecule has 0 aromatic heterocycles. The molecule has 3 N–H and O–H groups in total. The molecule has 546 valence electrons. The maximum Gasteiger partial charge on any atom is 0.472 e. The molecule has 0 aliphatic heterocycles. The molecule has 0 rings (SSSR count). The third kappa shape index (κ3) is 66.7. The highest BCUT2D eigenvalue weighted by molar-refractivity contribution is 7.47. The quantitative estimate of drug-likeness (QED) is 0.0222. The van der Waals surface area contributed by atoms with E-state index in [1.54, 1.807) is 0 Å². The number of phosphoric ester groups is 2. The minimum atomic E-state index is -4.95. The standard InChI is InChI=1S/C73H142O17P2/c1-6-9-12-15-18-21-24-25-26-27-28-29-34-39-44-49-54-59-73(78)90-69(63-84-71(76)57-52-47-42-38-33-31-30-32-35-40-45-50-55-66(4)5)65-88-92(81,82)86-61-67(74)60-85-91(79,80)87-64-68(89-72(77)58-53-48-43-37-23-20-17-14-11-8-3)62-83-70(75)56-51-46-41-36-22-19-16-13-10-7-2/h66-69,74H,6-65H2,1-5H3,(H,79,80)(H,81,82)/t67-,68+,69+/m0/s1. The molecule has 0 radical (unpaired) electrons. The van der Waals surface area contributed by atoms with Gasteiger partial charge in [0.15, 0.2) is 12.2 Å². The topological polar surface area (TPSA) is 237 Å². The van der Waals surface area contributed by atoms with Gasteiger partial charge in [-0.15, -0.1) is 0 Å². The minimum absolute atomic E-state index is 0.107. The monoisotopic (exact) mass is 1350 g/mol. The zero-order chi connectivity index (χ0) is 67.7. The molecule has 0 spiro atoms. The number of hydrogen-bond donors (Lipinski definition) is 3. The van der Waals surface area contributed by atoms with Crippen LogP contribution in [0, 0.1) is 5.92 Å². The Morgan fingerprint density at radius 3 is 0.739 bits per heavy atom. The van der Waals surface area contributed by atoms with E-state index >= 15 is 0 Å². The zero-order valence-corrected chi connectivity index (χ0v) is 61.5. The predicted octanol–water partition coefficient (Wildman–Crippen LogP) is 21.3. The van der Waals surface area contributed by atoms with Crippen LogP contribution in [0.5, 0.6) is 0 Å². The van der Waals surface area contributed by atoms with Crippen LogP contribution in [0.2, 0.25) is 0 Å². The molecule has 0 saturated carbocycles. The summed E-state index contributed by atoms with van der Waals surface area (Å²) >= 11 is 0. The highest BCUT2D eigenvalue weighted by Gasteiger charge is 2.30. The second-order valence-corrected chi connectivity index (χ2v) is 29.7. The summed E-state index contributed by atoms with van der Waals surface area (Å²) in [6.07, 6.45) is 54.0. The summed E-state index contributed by atoms with van der Waals surface area (Å²) in [4.78, 5) is 72.6. The summed E-state index contributed by atoms with van der Waals surface area (Å²) in [5.41, 5.74) is 0. The molecule has 0 fully saturated rings. The molecule has 2 unspecified atom stereocenters. The molecule has 0 saturated heterocycles. The van der Waals surface area contributed by atoms with E-state index < -0.39 is 97.5 Å². The summed E-state index contributed by atoms with van der Waals surface area (Å²) in [5, 5.41) is 10.6. The van der Waals surface area contributed by atoms with Gasteiger partial charge >= 0.3 is 39.5 Å². The summed E-state index contributed by atoms with van der Waals surface area (Å²) in [7, 11) is -9.90. The van der Waals surface area contributed by atoms with Gasteiger partial charge in [0.1, 0.15) is 19.3 Å². The highest BCUT2D eigenvalue weighted by Crippen LogP contribution is 2.45. The molecule has 0 amide bonds. The van der Waals surface area contributed by atoms with E-state index in [0.29, 0.717) is 25.7 Å². The minimum Gasteiger partial charge on any atom is -0.462 e. The second kappa shape index (κ2) is 66.3. The average molecular weight is 1350 g/mol. The lowest BCUT2D eigenvalue weighted by Gasteiger charge is -2.21. The smallest absolute Gasteiger partial charge is 0.462 e. The summed E-state index contributed by atoms with van der Waals surface area (Å²) in [5.74, 6) is -1.34. The van der Waals surface area contributed by atoms with Crippen molar-refractivity contribution < 1.29 is 80.2 Å². The van der Waals surface area contributed by atoms with E-state index in [-0.39, 0.29) is 25.7 Å². The van der Waals surface area contributed by atoms with Gasteiger partial charge in [-0.1, -0.05) is 330 Å². The van der Waals surface area contributed by atoms with E-state index in [9.17, 15) is 43.2 Å². The van der Waals surface area contributed by atoms with Crippen LogP contribution in [-0.2, 0) is 65.4 Å². The first kappa shape index (κ1) is 90.1. The van der Waals surface area contributed by atoms with Gasteiger partial charge < -0.3 is 33.8 Å². The maximum absolute atomic E-state index is 13.1. The van der Waals surface area contributed by atoms with E-state index in [1.807, 2.05) is 0 Å². The number of aliphatic hydroxyl groups is 1. The Labute approximate surface area is 562 Å². The Morgan fingerprint density at radius 1 is 0.293 bits per heavy atom. The molecule has 0 aromatic carbocycles. The lowest BCUT2D eigenvalue weighted by Crippen LogP contribution is -2.30. The van der Waals surface area contributed by atoms with Crippen molar-refractivity contribution in [2.45, 2.75) is 400 Å². The van der Waals surface area contributed by atoms with Crippen LogP contribution in [0.25, 0.3) is 0 Å². The summed E-state index contributed by atoms with van der Waals surface area (Å²) in [6, 6.07) is 0. The van der Waals surface area contributed by atoms with Crippen LogP contribution in [0.3, 0.4) is 0 Å². The van der Waals surface area contributed by atoms with Crippen molar-refractivity contribution in [2.24, 2.45) is 5.92 Å². The van der Waals surface area contributed by atoms with Crippen molar-refractivity contribution in [3.63, 3.8) is 0 Å². The highest BCUT2D eigenvalue weighted by atomic mass is 31.2. The van der Waals surface area contributed by atoms with Gasteiger partial charge in [0.05, 0.1) is 26.4 Å². The van der Waals surface area contributed by atoms with Crippen molar-refractivity contribution in [2.75, 3.05) is 39.6 Å². The average Bonchev–Trinajstić information content (AvgIpc) is 1.84. The van der Waals surface area contributed by atoms with E-state index in [2.05, 4.69) is 34.6 Å². The lowest BCUT2D eigenvalue weighted by atomic mass is 10.0. The number of rotatable bonds is 73. The van der Waals surface area contributed by atoms with Gasteiger partial charge in [-0.2, -0.15) is 0 Å². The fraction of sp³-hybridized carbons (Fsp3) is 0.945. The van der Waals surface area contributed by atoms with Crippen LogP contribution < -0.4 is 0 Å². The molecule has 0 aromatic rings. The van der Waals surface area contributed by atoms with Crippen molar-refractivity contribution >= 4 is 39.5 Å². The number of ether oxygens (including phenoxy) is 4. The number of aliphatic hydroxyl groups excluding tert-OH is 1. The van der Waals surface area contributed by atoms with Gasteiger partial charge in [0.25, 0.3) is 0 Å². The largest absolute Gasteiger partial charge is 0.472 e. The van der Waals surface area contributed by atoms with E-state index in [0.717, 1.165) is 95.8 Å². The molecule has 0 bridgehead atoms. The summed E-state index contributed by atoms with van der Waals surface area (Å²) in [6.45, 7) is 7.27. The normalized spacial score (nSPS) is 14.0. The molecule has 0 heterocycles. The van der Waals surface area contributed by atoms with Gasteiger partial charge in [-0.3, -0.25) is 37.3 Å². The van der Waals surface area contributed by atoms with Crippen molar-refractivity contribution in [1.29, 1.82) is 0 Å². The molecule has 92 heavy (non-hydrogen) atoms. The number of hydrogen-bond acceptors (Lipinski definition) is 15. The van der Waals surface area contributed by atoms with Gasteiger partial charge in [-0.25, -0.2) is 9.13 Å². The van der Waals surface area contributed by atoms with E-state index in [1.165, 1.54) is 205 Å². The first-order valence-electron chi connectivity index (χ1n) is 38.1. The Hall–Kier alpha value is -1.94. The first-order chi connectivity index (χ1) is 44.5. The Bertz CT molecular complexity index is 1770. The third-order valence-electron chi connectivity index (χ3n) is 17.0. The second-order valence-electron chi connectivity index (χ2n) is 26.8. The van der Waals surface area contributed by atoms with Crippen LogP contribution in [0.15, 0.2) is 0 Å². The van der Waals surface area contributed by atoms with Crippen molar-refractivity contribution in [3.8, 4) is 0 Å². The summed E-state index contributed by atoms with van der Waals surface area (Å²) < 4.78 is 68.4.